The Morgan fingerprint density at radius 2 is 1.89 bits per heavy atom. The third-order valence-corrected chi connectivity index (χ3v) is 5.89. The summed E-state index contributed by atoms with van der Waals surface area (Å²) in [5.41, 5.74) is -0.0135. The Morgan fingerprint density at radius 1 is 1.15 bits per heavy atom. The van der Waals surface area contributed by atoms with Crippen molar-refractivity contribution in [2.75, 3.05) is 32.8 Å². The first kappa shape index (κ1) is 18.2. The van der Waals surface area contributed by atoms with Crippen LogP contribution >= 0.6 is 0 Å². The summed E-state index contributed by atoms with van der Waals surface area (Å²) in [4.78, 5) is 19.4. The maximum absolute atomic E-state index is 12.3. The number of fused-ring (bicyclic) bond motifs is 1. The summed E-state index contributed by atoms with van der Waals surface area (Å²) in [6.45, 7) is 4.01. The molecular formula is C21H26N2O4. The second-order valence-electron chi connectivity index (χ2n) is 7.50. The molecule has 1 N–H and O–H groups in total. The quantitative estimate of drug-likeness (QED) is 0.661. The van der Waals surface area contributed by atoms with Crippen molar-refractivity contribution in [2.45, 2.75) is 37.6 Å². The molecule has 6 nitrogen and oxygen atoms in total. The van der Waals surface area contributed by atoms with Crippen LogP contribution in [-0.2, 0) is 4.74 Å². The molecular weight excluding hydrogens is 344 g/mol. The van der Waals surface area contributed by atoms with Gasteiger partial charge in [-0.15, -0.1) is 0 Å². The molecule has 2 aliphatic rings. The van der Waals surface area contributed by atoms with E-state index in [9.17, 15) is 9.90 Å². The number of hydrogen-bond donors (Lipinski definition) is 1. The number of hydrogen-bond acceptors (Lipinski definition) is 6. The lowest BCUT2D eigenvalue weighted by atomic mass is 9.80. The molecule has 6 heteroatoms. The first-order chi connectivity index (χ1) is 13.2. The number of ether oxygens (including phenoxy) is 1. The van der Waals surface area contributed by atoms with Gasteiger partial charge in [-0.25, -0.2) is 4.79 Å². The lowest BCUT2D eigenvalue weighted by Crippen LogP contribution is -2.56. The van der Waals surface area contributed by atoms with E-state index in [1.54, 1.807) is 24.3 Å². The van der Waals surface area contributed by atoms with Crippen molar-refractivity contribution in [1.29, 1.82) is 0 Å². The minimum atomic E-state index is -0.556. The summed E-state index contributed by atoms with van der Waals surface area (Å²) in [5.74, 6) is -0.0605. The van der Waals surface area contributed by atoms with Crippen molar-refractivity contribution in [3.8, 4) is 5.75 Å². The van der Waals surface area contributed by atoms with Crippen molar-refractivity contribution < 1.29 is 14.3 Å². The summed E-state index contributed by atoms with van der Waals surface area (Å²) >= 11 is 0. The number of para-hydroxylation sites is 1. The average molecular weight is 370 g/mol. The highest BCUT2D eigenvalue weighted by molar-refractivity contribution is 5.93. The molecule has 0 radical (unpaired) electrons. The van der Waals surface area contributed by atoms with Crippen LogP contribution < -0.4 is 5.63 Å². The number of aliphatic imine (C=N–C) groups is 1. The Balaban J connectivity index is 1.60. The van der Waals surface area contributed by atoms with E-state index in [0.29, 0.717) is 17.5 Å². The molecule has 1 saturated heterocycles. The fourth-order valence-electron chi connectivity index (χ4n) is 4.39. The number of aromatic hydroxyl groups is 1. The second-order valence-corrected chi connectivity index (χ2v) is 7.50. The molecule has 0 atom stereocenters. The zero-order chi connectivity index (χ0) is 18.7. The molecule has 2 fully saturated rings. The van der Waals surface area contributed by atoms with Crippen molar-refractivity contribution in [2.24, 2.45) is 4.99 Å². The number of morpholine rings is 1. The van der Waals surface area contributed by atoms with E-state index in [0.717, 1.165) is 39.1 Å². The topological polar surface area (TPSA) is 75.3 Å². The van der Waals surface area contributed by atoms with E-state index in [2.05, 4.69) is 9.89 Å². The Morgan fingerprint density at radius 3 is 2.67 bits per heavy atom. The van der Waals surface area contributed by atoms with Crippen molar-refractivity contribution >= 4 is 17.2 Å². The van der Waals surface area contributed by atoms with Crippen molar-refractivity contribution in [3.05, 3.63) is 40.2 Å². The second kappa shape index (κ2) is 7.82. The predicted molar refractivity (Wildman–Crippen MR) is 105 cm³/mol. The van der Waals surface area contributed by atoms with Crippen LogP contribution in [0.4, 0.5) is 0 Å². The van der Waals surface area contributed by atoms with Crippen LogP contribution in [0.1, 0.15) is 37.7 Å². The zero-order valence-electron chi connectivity index (χ0n) is 15.5. The molecule has 2 aromatic rings. The Kier molecular flexibility index (Phi) is 5.27. The first-order valence-electron chi connectivity index (χ1n) is 9.77. The molecule has 0 amide bonds. The largest absolute Gasteiger partial charge is 0.506 e. The summed E-state index contributed by atoms with van der Waals surface area (Å²) in [7, 11) is 0. The predicted octanol–water partition coefficient (Wildman–Crippen LogP) is 2.95. The van der Waals surface area contributed by atoms with Gasteiger partial charge in [-0.05, 0) is 25.0 Å². The maximum Gasteiger partial charge on any atom is 0.348 e. The third-order valence-electron chi connectivity index (χ3n) is 5.89. The van der Waals surface area contributed by atoms with E-state index < -0.39 is 5.63 Å². The highest BCUT2D eigenvalue weighted by Gasteiger charge is 2.38. The molecule has 2 heterocycles. The van der Waals surface area contributed by atoms with Gasteiger partial charge in [0.1, 0.15) is 16.9 Å². The summed E-state index contributed by atoms with van der Waals surface area (Å²) in [5, 5.41) is 11.0. The lowest BCUT2D eigenvalue weighted by Gasteiger charge is -2.47. The number of benzene rings is 1. The fourth-order valence-corrected chi connectivity index (χ4v) is 4.39. The monoisotopic (exact) mass is 370 g/mol. The molecule has 144 valence electrons. The average Bonchev–Trinajstić information content (AvgIpc) is 2.72. The molecule has 1 aromatic carbocycles. The van der Waals surface area contributed by atoms with Crippen LogP contribution in [-0.4, -0.2) is 54.6 Å². The Bertz CT molecular complexity index is 877. The third kappa shape index (κ3) is 3.64. The van der Waals surface area contributed by atoms with Crippen LogP contribution in [0.3, 0.4) is 0 Å². The SMILES string of the molecule is O=c1oc2ccccc2c(O)c1C=NCC1(N2CCOCC2)CCCCC1. The fraction of sp³-hybridized carbons (Fsp3) is 0.524. The van der Waals surface area contributed by atoms with Gasteiger partial charge in [0, 0.05) is 24.8 Å². The normalized spacial score (nSPS) is 21.0. The highest BCUT2D eigenvalue weighted by atomic mass is 16.5. The van der Waals surface area contributed by atoms with Crippen molar-refractivity contribution in [3.63, 3.8) is 0 Å². The van der Waals surface area contributed by atoms with E-state index in [-0.39, 0.29) is 16.9 Å². The molecule has 0 spiro atoms. The number of nitrogens with zero attached hydrogens (tertiary/aromatic N) is 2. The summed E-state index contributed by atoms with van der Waals surface area (Å²) < 4.78 is 10.8. The minimum Gasteiger partial charge on any atom is -0.506 e. The first-order valence-corrected chi connectivity index (χ1v) is 9.77. The molecule has 0 bridgehead atoms. The van der Waals surface area contributed by atoms with E-state index in [4.69, 9.17) is 9.15 Å². The minimum absolute atomic E-state index is 0.0329. The standard InChI is InChI=1S/C21H26N2O4/c24-19-16-6-2-3-7-18(16)27-20(25)17(19)14-22-15-21(8-4-1-5-9-21)23-10-12-26-13-11-23/h2-3,6-7,14,24H,1,4-5,8-13,15H2. The van der Waals surface area contributed by atoms with Gasteiger partial charge in [0.05, 0.1) is 25.1 Å². The molecule has 1 aliphatic heterocycles. The van der Waals surface area contributed by atoms with Crippen LogP contribution in [0.25, 0.3) is 11.0 Å². The van der Waals surface area contributed by atoms with Gasteiger partial charge in [0.15, 0.2) is 0 Å². The number of rotatable bonds is 4. The zero-order valence-corrected chi connectivity index (χ0v) is 15.5. The van der Waals surface area contributed by atoms with E-state index in [1.807, 2.05) is 0 Å². The Labute approximate surface area is 158 Å². The highest BCUT2D eigenvalue weighted by Crippen LogP contribution is 2.34. The maximum atomic E-state index is 12.3. The van der Waals surface area contributed by atoms with Crippen molar-refractivity contribution in [1.82, 2.24) is 4.90 Å². The van der Waals surface area contributed by atoms with E-state index in [1.165, 1.54) is 25.5 Å². The van der Waals surface area contributed by atoms with E-state index >= 15 is 0 Å². The van der Waals surface area contributed by atoms with Crippen LogP contribution in [0.15, 0.2) is 38.5 Å². The molecule has 1 saturated carbocycles. The summed E-state index contributed by atoms with van der Waals surface area (Å²) in [6.07, 6.45) is 7.40. The summed E-state index contributed by atoms with van der Waals surface area (Å²) in [6, 6.07) is 6.99. The van der Waals surface area contributed by atoms with Crippen LogP contribution in [0.2, 0.25) is 0 Å². The molecule has 1 aliphatic carbocycles. The Hall–Kier alpha value is -2.18. The van der Waals surface area contributed by atoms with Gasteiger partial charge in [-0.3, -0.25) is 9.89 Å². The molecule has 4 rings (SSSR count). The van der Waals surface area contributed by atoms with Gasteiger partial charge in [-0.2, -0.15) is 0 Å². The van der Waals surface area contributed by atoms with Gasteiger partial charge in [0.2, 0.25) is 0 Å². The van der Waals surface area contributed by atoms with Crippen LogP contribution in [0.5, 0.6) is 5.75 Å². The van der Waals surface area contributed by atoms with Gasteiger partial charge >= 0.3 is 5.63 Å². The lowest BCUT2D eigenvalue weighted by molar-refractivity contribution is -0.0332. The van der Waals surface area contributed by atoms with Gasteiger partial charge in [-0.1, -0.05) is 31.4 Å². The molecule has 27 heavy (non-hydrogen) atoms. The smallest absolute Gasteiger partial charge is 0.348 e. The van der Waals surface area contributed by atoms with Crippen LogP contribution in [0, 0.1) is 0 Å². The molecule has 0 unspecified atom stereocenters. The van der Waals surface area contributed by atoms with Gasteiger partial charge in [0.25, 0.3) is 0 Å². The molecule has 1 aromatic heterocycles. The van der Waals surface area contributed by atoms with Gasteiger partial charge < -0.3 is 14.3 Å².